The molecule has 1 aromatic rings. The van der Waals surface area contributed by atoms with E-state index in [2.05, 4.69) is 36.2 Å². The molecule has 0 amide bonds. The molecule has 19 heavy (non-hydrogen) atoms. The van der Waals surface area contributed by atoms with Gasteiger partial charge in [0.05, 0.1) is 11.2 Å². The number of nitrogens with zero attached hydrogens (tertiary/aromatic N) is 2. The van der Waals surface area contributed by atoms with Crippen LogP contribution in [0.4, 0.5) is 0 Å². The van der Waals surface area contributed by atoms with Crippen LogP contribution in [0, 0.1) is 0 Å². The maximum Gasteiger partial charge on any atom is 0.231 e. The molecule has 1 fully saturated rings. The van der Waals surface area contributed by atoms with Gasteiger partial charge in [-0.25, -0.2) is 0 Å². The van der Waals surface area contributed by atoms with Crippen molar-refractivity contribution in [1.29, 1.82) is 0 Å². The molecule has 0 aliphatic carbocycles. The molecule has 0 radical (unpaired) electrons. The third kappa shape index (κ3) is 3.47. The number of thioether (sulfide) groups is 2. The minimum atomic E-state index is 0.257. The minimum Gasteiger partial charge on any atom is -0.339 e. The van der Waals surface area contributed by atoms with Crippen LogP contribution >= 0.6 is 23.5 Å². The Balaban J connectivity index is 2.09. The Kier molecular flexibility index (Phi) is 5.59. The SMILES string of the molecule is CCC(NC)C(C)c1nc(C2SCCSC2C)no1. The zero-order chi connectivity index (χ0) is 13.8. The van der Waals surface area contributed by atoms with Crippen LogP contribution in [-0.2, 0) is 0 Å². The summed E-state index contributed by atoms with van der Waals surface area (Å²) in [6, 6.07) is 0.388. The lowest BCUT2D eigenvalue weighted by Crippen LogP contribution is -2.30. The van der Waals surface area contributed by atoms with Crippen molar-refractivity contribution >= 4 is 23.5 Å². The molecule has 2 rings (SSSR count). The lowest BCUT2D eigenvalue weighted by Gasteiger charge is -2.25. The Bertz CT molecular complexity index is 395. The predicted molar refractivity (Wildman–Crippen MR) is 83.0 cm³/mol. The molecule has 1 N–H and O–H groups in total. The van der Waals surface area contributed by atoms with Crippen LogP contribution in [0.2, 0.25) is 0 Å². The Morgan fingerprint density at radius 3 is 2.79 bits per heavy atom. The van der Waals surface area contributed by atoms with E-state index >= 15 is 0 Å². The van der Waals surface area contributed by atoms with Crippen molar-refractivity contribution in [2.75, 3.05) is 18.6 Å². The lowest BCUT2D eigenvalue weighted by atomic mass is 10.00. The molecule has 0 spiro atoms. The van der Waals surface area contributed by atoms with E-state index in [9.17, 15) is 0 Å². The van der Waals surface area contributed by atoms with E-state index in [4.69, 9.17) is 4.52 Å². The fourth-order valence-corrected chi connectivity index (χ4v) is 5.12. The summed E-state index contributed by atoms with van der Waals surface area (Å²) in [5.74, 6) is 4.29. The predicted octanol–water partition coefficient (Wildman–Crippen LogP) is 3.08. The normalized spacial score (nSPS) is 27.2. The molecule has 4 atom stereocenters. The van der Waals surface area contributed by atoms with Crippen molar-refractivity contribution in [2.45, 2.75) is 49.7 Å². The summed E-state index contributed by atoms with van der Waals surface area (Å²) < 4.78 is 5.49. The fourth-order valence-electron chi connectivity index (χ4n) is 2.44. The van der Waals surface area contributed by atoms with Gasteiger partial charge in [-0.3, -0.25) is 0 Å². The van der Waals surface area contributed by atoms with Gasteiger partial charge in [0.2, 0.25) is 5.89 Å². The largest absolute Gasteiger partial charge is 0.339 e. The van der Waals surface area contributed by atoms with E-state index in [0.29, 0.717) is 16.5 Å². The molecule has 6 heteroatoms. The number of hydrogen-bond acceptors (Lipinski definition) is 6. The van der Waals surface area contributed by atoms with Gasteiger partial charge in [-0.1, -0.05) is 25.9 Å². The summed E-state index contributed by atoms with van der Waals surface area (Å²) in [6.45, 7) is 6.57. The van der Waals surface area contributed by atoms with Crippen molar-refractivity contribution in [2.24, 2.45) is 0 Å². The Hall–Kier alpha value is -0.200. The standard InChI is InChI=1S/C13H23N3OS2/c1-5-10(14-4)8(2)13-15-12(16-17-13)11-9(3)18-6-7-19-11/h8-11,14H,5-7H2,1-4H3. The number of hydrogen-bond donors (Lipinski definition) is 1. The molecule has 0 aromatic carbocycles. The first-order chi connectivity index (χ1) is 9.17. The van der Waals surface area contributed by atoms with E-state index in [1.807, 2.05) is 30.6 Å². The number of aromatic nitrogens is 2. The monoisotopic (exact) mass is 301 g/mol. The second kappa shape index (κ2) is 6.99. The third-order valence-corrected chi connectivity index (χ3v) is 6.79. The smallest absolute Gasteiger partial charge is 0.231 e. The summed E-state index contributed by atoms with van der Waals surface area (Å²) in [7, 11) is 1.98. The highest BCUT2D eigenvalue weighted by atomic mass is 32.2. The van der Waals surface area contributed by atoms with Gasteiger partial charge in [0.15, 0.2) is 5.82 Å². The average Bonchev–Trinajstić information content (AvgIpc) is 2.90. The number of rotatable bonds is 5. The molecule has 0 saturated carbocycles. The first kappa shape index (κ1) is 15.2. The Labute approximate surface area is 123 Å². The van der Waals surface area contributed by atoms with Crippen molar-refractivity contribution < 1.29 is 4.52 Å². The topological polar surface area (TPSA) is 51.0 Å². The lowest BCUT2D eigenvalue weighted by molar-refractivity contribution is 0.323. The maximum absolute atomic E-state index is 5.49. The van der Waals surface area contributed by atoms with Crippen LogP contribution in [0.25, 0.3) is 0 Å². The maximum atomic E-state index is 5.49. The highest BCUT2D eigenvalue weighted by molar-refractivity contribution is 8.06. The molecule has 108 valence electrons. The van der Waals surface area contributed by atoms with Gasteiger partial charge in [0.25, 0.3) is 0 Å². The second-order valence-electron chi connectivity index (χ2n) is 4.95. The summed E-state index contributed by atoms with van der Waals surface area (Å²) >= 11 is 3.95. The molecule has 0 bridgehead atoms. The zero-order valence-corrected chi connectivity index (χ0v) is 13.7. The van der Waals surface area contributed by atoms with Gasteiger partial charge in [-0.2, -0.15) is 16.7 Å². The zero-order valence-electron chi connectivity index (χ0n) is 12.0. The number of nitrogens with one attached hydrogen (secondary N) is 1. The molecule has 1 aliphatic rings. The van der Waals surface area contributed by atoms with Crippen molar-refractivity contribution in [3.63, 3.8) is 0 Å². The van der Waals surface area contributed by atoms with E-state index in [-0.39, 0.29) is 5.92 Å². The molecule has 1 aliphatic heterocycles. The van der Waals surface area contributed by atoms with Crippen LogP contribution in [-0.4, -0.2) is 40.0 Å². The third-order valence-electron chi connectivity index (χ3n) is 3.70. The molecule has 1 aromatic heterocycles. The van der Waals surface area contributed by atoms with Crippen LogP contribution < -0.4 is 5.32 Å². The van der Waals surface area contributed by atoms with Crippen molar-refractivity contribution in [1.82, 2.24) is 15.5 Å². The molecule has 2 heterocycles. The summed E-state index contributed by atoms with van der Waals surface area (Å²) in [4.78, 5) is 4.65. The van der Waals surface area contributed by atoms with Gasteiger partial charge in [0, 0.05) is 22.8 Å². The minimum absolute atomic E-state index is 0.257. The fraction of sp³-hybridized carbons (Fsp3) is 0.846. The van der Waals surface area contributed by atoms with Crippen molar-refractivity contribution in [3.8, 4) is 0 Å². The van der Waals surface area contributed by atoms with Gasteiger partial charge in [-0.05, 0) is 13.5 Å². The van der Waals surface area contributed by atoms with Crippen LogP contribution in [0.3, 0.4) is 0 Å². The molecule has 4 unspecified atom stereocenters. The van der Waals surface area contributed by atoms with Gasteiger partial charge in [0.1, 0.15) is 0 Å². The summed E-state index contributed by atoms with van der Waals surface area (Å²) in [6.07, 6.45) is 1.06. The Morgan fingerprint density at radius 1 is 1.42 bits per heavy atom. The first-order valence-electron chi connectivity index (χ1n) is 6.91. The highest BCUT2D eigenvalue weighted by Crippen LogP contribution is 2.41. The molecular weight excluding hydrogens is 278 g/mol. The van der Waals surface area contributed by atoms with Gasteiger partial charge in [-0.15, -0.1) is 11.8 Å². The second-order valence-corrected chi connectivity index (χ2v) is 7.68. The van der Waals surface area contributed by atoms with Crippen LogP contribution in [0.1, 0.15) is 50.1 Å². The van der Waals surface area contributed by atoms with Gasteiger partial charge < -0.3 is 9.84 Å². The summed E-state index contributed by atoms with van der Waals surface area (Å²) in [5.41, 5.74) is 0. The first-order valence-corrected chi connectivity index (χ1v) is 9.01. The molecule has 4 nitrogen and oxygen atoms in total. The van der Waals surface area contributed by atoms with E-state index in [1.165, 1.54) is 11.5 Å². The highest BCUT2D eigenvalue weighted by Gasteiger charge is 2.30. The molecular formula is C13H23N3OS2. The number of likely N-dealkylation sites (N-methyl/N-ethyl adjacent to an activating group) is 1. The van der Waals surface area contributed by atoms with Crippen LogP contribution in [0.15, 0.2) is 4.52 Å². The molecule has 1 saturated heterocycles. The average molecular weight is 301 g/mol. The van der Waals surface area contributed by atoms with Crippen molar-refractivity contribution in [3.05, 3.63) is 11.7 Å². The van der Waals surface area contributed by atoms with E-state index in [1.54, 1.807) is 0 Å². The summed E-state index contributed by atoms with van der Waals surface area (Å²) in [5, 5.41) is 8.46. The van der Waals surface area contributed by atoms with E-state index in [0.717, 1.165) is 18.1 Å². The Morgan fingerprint density at radius 2 is 2.16 bits per heavy atom. The van der Waals surface area contributed by atoms with Crippen LogP contribution in [0.5, 0.6) is 0 Å². The van der Waals surface area contributed by atoms with Gasteiger partial charge >= 0.3 is 0 Å². The van der Waals surface area contributed by atoms with E-state index < -0.39 is 0 Å². The quantitative estimate of drug-likeness (QED) is 0.902.